The summed E-state index contributed by atoms with van der Waals surface area (Å²) in [4.78, 5) is 0. The second-order valence-corrected chi connectivity index (χ2v) is 4.64. The van der Waals surface area contributed by atoms with Gasteiger partial charge in [0.1, 0.15) is 5.03 Å². The summed E-state index contributed by atoms with van der Waals surface area (Å²) in [6.07, 6.45) is 0. The number of anilines is 1. The third-order valence-corrected chi connectivity index (χ3v) is 3.36. The molecule has 0 aliphatic heterocycles. The van der Waals surface area contributed by atoms with Crippen molar-refractivity contribution in [3.63, 3.8) is 0 Å². The number of thioether (sulfide) groups is 1. The fraction of sp³-hybridized carbons (Fsp3) is 0.667. The molecule has 0 atom stereocenters. The lowest BCUT2D eigenvalue weighted by Crippen LogP contribution is -1.97. The number of hydrogen-bond acceptors (Lipinski definition) is 3. The van der Waals surface area contributed by atoms with Crippen LogP contribution in [0.25, 0.3) is 0 Å². The van der Waals surface area contributed by atoms with Gasteiger partial charge in [-0.15, -0.1) is 11.8 Å². The summed E-state index contributed by atoms with van der Waals surface area (Å²) in [6.45, 7) is 6.34. The van der Waals surface area contributed by atoms with Crippen LogP contribution in [0, 0.1) is 12.8 Å². The minimum absolute atomic E-state index is 0.680. The third-order valence-electron chi connectivity index (χ3n) is 1.77. The lowest BCUT2D eigenvalue weighted by atomic mass is 10.3. The zero-order valence-corrected chi connectivity index (χ0v) is 9.48. The Bertz CT molecular complexity index is 291. The predicted octanol–water partition coefficient (Wildman–Crippen LogP) is 2.06. The van der Waals surface area contributed by atoms with Crippen LogP contribution in [0.2, 0.25) is 0 Å². The molecular weight excluding hydrogens is 182 g/mol. The van der Waals surface area contributed by atoms with E-state index in [0.29, 0.717) is 5.92 Å². The van der Waals surface area contributed by atoms with Crippen LogP contribution in [0.15, 0.2) is 5.03 Å². The van der Waals surface area contributed by atoms with Gasteiger partial charge in [-0.1, -0.05) is 13.8 Å². The Hall–Kier alpha value is -0.640. The highest BCUT2D eigenvalue weighted by Crippen LogP contribution is 2.28. The average molecular weight is 199 g/mol. The standard InChI is InChI=1S/C9H17N3S/c1-6(2)5-13-9-8(10)7(3)11-12(9)4/h6H,5,10H2,1-4H3. The van der Waals surface area contributed by atoms with E-state index in [-0.39, 0.29) is 0 Å². The molecule has 1 rings (SSSR count). The average Bonchev–Trinajstić information content (AvgIpc) is 2.24. The van der Waals surface area contributed by atoms with Crippen LogP contribution < -0.4 is 5.73 Å². The summed E-state index contributed by atoms with van der Waals surface area (Å²) in [5.74, 6) is 1.77. The third kappa shape index (κ3) is 2.40. The van der Waals surface area contributed by atoms with E-state index < -0.39 is 0 Å². The molecule has 1 aromatic rings. The molecule has 0 saturated carbocycles. The molecule has 0 aliphatic rings. The van der Waals surface area contributed by atoms with Gasteiger partial charge in [-0.2, -0.15) is 5.10 Å². The number of rotatable bonds is 3. The molecule has 2 N–H and O–H groups in total. The van der Waals surface area contributed by atoms with E-state index in [2.05, 4.69) is 18.9 Å². The fourth-order valence-electron chi connectivity index (χ4n) is 1.07. The first-order valence-electron chi connectivity index (χ1n) is 4.44. The minimum Gasteiger partial charge on any atom is -0.395 e. The lowest BCUT2D eigenvalue weighted by Gasteiger charge is -2.05. The highest BCUT2D eigenvalue weighted by atomic mass is 32.2. The highest BCUT2D eigenvalue weighted by Gasteiger charge is 2.10. The van der Waals surface area contributed by atoms with Gasteiger partial charge in [0.25, 0.3) is 0 Å². The largest absolute Gasteiger partial charge is 0.395 e. The highest BCUT2D eigenvalue weighted by molar-refractivity contribution is 7.99. The van der Waals surface area contributed by atoms with E-state index in [1.165, 1.54) is 0 Å². The summed E-state index contributed by atoms with van der Waals surface area (Å²) in [5, 5.41) is 5.35. The van der Waals surface area contributed by atoms with Crippen molar-refractivity contribution < 1.29 is 0 Å². The van der Waals surface area contributed by atoms with E-state index >= 15 is 0 Å². The molecule has 0 bridgehead atoms. The smallest absolute Gasteiger partial charge is 0.117 e. The maximum atomic E-state index is 5.89. The van der Waals surface area contributed by atoms with Gasteiger partial charge in [0, 0.05) is 12.8 Å². The fourth-order valence-corrected chi connectivity index (χ4v) is 2.09. The van der Waals surface area contributed by atoms with Crippen molar-refractivity contribution in [3.05, 3.63) is 5.69 Å². The second-order valence-electron chi connectivity index (χ2n) is 3.63. The topological polar surface area (TPSA) is 43.8 Å². The summed E-state index contributed by atoms with van der Waals surface area (Å²) >= 11 is 1.78. The maximum absolute atomic E-state index is 5.89. The van der Waals surface area contributed by atoms with Crippen molar-refractivity contribution in [2.24, 2.45) is 13.0 Å². The van der Waals surface area contributed by atoms with Gasteiger partial charge >= 0.3 is 0 Å². The van der Waals surface area contributed by atoms with Crippen LogP contribution in [-0.2, 0) is 7.05 Å². The van der Waals surface area contributed by atoms with E-state index in [0.717, 1.165) is 22.2 Å². The number of nitrogens with zero attached hydrogens (tertiary/aromatic N) is 2. The maximum Gasteiger partial charge on any atom is 0.117 e. The first kappa shape index (κ1) is 10.4. The van der Waals surface area contributed by atoms with Crippen LogP contribution >= 0.6 is 11.8 Å². The van der Waals surface area contributed by atoms with E-state index in [1.54, 1.807) is 11.8 Å². The second kappa shape index (κ2) is 4.05. The molecule has 13 heavy (non-hydrogen) atoms. The molecule has 0 amide bonds. The molecular formula is C9H17N3S. The number of nitrogens with two attached hydrogens (primary N) is 1. The Labute approximate surface area is 83.7 Å². The van der Waals surface area contributed by atoms with Gasteiger partial charge in [0.05, 0.1) is 11.4 Å². The molecule has 0 aromatic carbocycles. The summed E-state index contributed by atoms with van der Waals surface area (Å²) < 4.78 is 1.86. The Morgan fingerprint density at radius 1 is 1.54 bits per heavy atom. The first-order chi connectivity index (χ1) is 6.02. The van der Waals surface area contributed by atoms with Crippen molar-refractivity contribution in [3.8, 4) is 0 Å². The number of aryl methyl sites for hydroxylation is 2. The van der Waals surface area contributed by atoms with Gasteiger partial charge in [-0.05, 0) is 12.8 Å². The SMILES string of the molecule is Cc1nn(C)c(SCC(C)C)c1N. The van der Waals surface area contributed by atoms with Crippen LogP contribution in [0.4, 0.5) is 5.69 Å². The van der Waals surface area contributed by atoms with Crippen LogP contribution in [0.5, 0.6) is 0 Å². The van der Waals surface area contributed by atoms with Crippen LogP contribution in [0.1, 0.15) is 19.5 Å². The van der Waals surface area contributed by atoms with Crippen molar-refractivity contribution in [1.29, 1.82) is 0 Å². The van der Waals surface area contributed by atoms with Crippen molar-refractivity contribution in [2.75, 3.05) is 11.5 Å². The number of nitrogen functional groups attached to an aromatic ring is 1. The molecule has 1 aromatic heterocycles. The summed E-state index contributed by atoms with van der Waals surface area (Å²) in [5.41, 5.74) is 7.64. The molecule has 0 fully saturated rings. The Balaban J connectivity index is 2.76. The van der Waals surface area contributed by atoms with Gasteiger partial charge < -0.3 is 5.73 Å². The van der Waals surface area contributed by atoms with Crippen molar-refractivity contribution in [1.82, 2.24) is 9.78 Å². The zero-order valence-electron chi connectivity index (χ0n) is 8.66. The number of hydrogen-bond donors (Lipinski definition) is 1. The van der Waals surface area contributed by atoms with Gasteiger partial charge in [0.2, 0.25) is 0 Å². The van der Waals surface area contributed by atoms with E-state index in [4.69, 9.17) is 5.73 Å². The molecule has 4 heteroatoms. The van der Waals surface area contributed by atoms with Gasteiger partial charge in [-0.3, -0.25) is 4.68 Å². The monoisotopic (exact) mass is 199 g/mol. The quantitative estimate of drug-likeness (QED) is 0.758. The zero-order chi connectivity index (χ0) is 10.0. The molecule has 74 valence electrons. The van der Waals surface area contributed by atoms with Crippen molar-refractivity contribution >= 4 is 17.4 Å². The number of aromatic nitrogens is 2. The summed E-state index contributed by atoms with van der Waals surface area (Å²) in [6, 6.07) is 0. The van der Waals surface area contributed by atoms with Crippen LogP contribution in [-0.4, -0.2) is 15.5 Å². The molecule has 0 aliphatic carbocycles. The Morgan fingerprint density at radius 3 is 2.54 bits per heavy atom. The van der Waals surface area contributed by atoms with Crippen LogP contribution in [0.3, 0.4) is 0 Å². The Morgan fingerprint density at radius 2 is 2.15 bits per heavy atom. The molecule has 0 spiro atoms. The first-order valence-corrected chi connectivity index (χ1v) is 5.42. The molecule has 0 unspecified atom stereocenters. The molecule has 1 heterocycles. The minimum atomic E-state index is 0.680. The molecule has 0 saturated heterocycles. The van der Waals surface area contributed by atoms with E-state index in [9.17, 15) is 0 Å². The van der Waals surface area contributed by atoms with E-state index in [1.807, 2.05) is 18.7 Å². The summed E-state index contributed by atoms with van der Waals surface area (Å²) in [7, 11) is 1.94. The predicted molar refractivity (Wildman–Crippen MR) is 57.9 cm³/mol. The molecule has 3 nitrogen and oxygen atoms in total. The normalized spacial score (nSPS) is 11.2. The molecule has 0 radical (unpaired) electrons. The Kier molecular flexibility index (Phi) is 3.25. The van der Waals surface area contributed by atoms with Crippen molar-refractivity contribution in [2.45, 2.75) is 25.8 Å². The van der Waals surface area contributed by atoms with Gasteiger partial charge in [0.15, 0.2) is 0 Å². The lowest BCUT2D eigenvalue weighted by molar-refractivity contribution is 0.689. The van der Waals surface area contributed by atoms with Gasteiger partial charge in [-0.25, -0.2) is 0 Å².